The Balaban J connectivity index is 1.10. The second-order valence-electron chi connectivity index (χ2n) is 16.5. The second-order valence-corrected chi connectivity index (χ2v) is 16.5. The second kappa shape index (κ2) is 13.1. The Bertz CT molecular complexity index is 2380. The van der Waals surface area contributed by atoms with Crippen LogP contribution in [0.4, 0.5) is 37.7 Å². The van der Waals surface area contributed by atoms with Gasteiger partial charge in [-0.2, -0.15) is 26.3 Å². The molecule has 0 bridgehead atoms. The van der Waals surface area contributed by atoms with Crippen molar-refractivity contribution in [3.8, 4) is 45.3 Å². The van der Waals surface area contributed by atoms with E-state index in [2.05, 4.69) is 52.0 Å². The number of halogens is 6. The van der Waals surface area contributed by atoms with Gasteiger partial charge in [0, 0.05) is 40.0 Å². The van der Waals surface area contributed by atoms with Crippen LogP contribution in [0.3, 0.4) is 0 Å². The van der Waals surface area contributed by atoms with Gasteiger partial charge in [-0.15, -0.1) is 0 Å². The highest BCUT2D eigenvalue weighted by atomic mass is 19.4. The molecule has 0 amide bonds. The molecule has 1 spiro atoms. The Morgan fingerprint density at radius 3 is 1.19 bits per heavy atom. The third-order valence-electron chi connectivity index (χ3n) is 11.5. The average molecular weight is 779 g/mol. The van der Waals surface area contributed by atoms with E-state index in [1.54, 1.807) is 48.5 Å². The molecule has 6 aromatic carbocycles. The summed E-state index contributed by atoms with van der Waals surface area (Å²) in [4.78, 5) is 0. The number of fused-ring (bicyclic) bond motifs is 4. The maximum Gasteiger partial charge on any atom is 0.416 e. The lowest BCUT2D eigenvalue weighted by Gasteiger charge is -2.30. The van der Waals surface area contributed by atoms with E-state index in [9.17, 15) is 26.3 Å². The van der Waals surface area contributed by atoms with Crippen LogP contribution in [0, 0.1) is 0 Å². The van der Waals surface area contributed by atoms with Gasteiger partial charge in [-0.05, 0) is 130 Å². The van der Waals surface area contributed by atoms with Crippen LogP contribution in [0.15, 0.2) is 121 Å². The smallest absolute Gasteiger partial charge is 0.416 e. The zero-order chi connectivity index (χ0) is 40.7. The van der Waals surface area contributed by atoms with Crippen molar-refractivity contribution in [1.82, 2.24) is 0 Å². The van der Waals surface area contributed by atoms with E-state index in [1.165, 1.54) is 23.3 Å². The van der Waals surface area contributed by atoms with Crippen molar-refractivity contribution in [3.63, 3.8) is 0 Å². The molecule has 0 fully saturated rings. The van der Waals surface area contributed by atoms with Gasteiger partial charge < -0.3 is 20.9 Å². The molecule has 2 aliphatic carbocycles. The van der Waals surface area contributed by atoms with Gasteiger partial charge in [0.1, 0.15) is 23.0 Å². The number of nitrogen functional groups attached to an aromatic ring is 2. The fraction of sp³-hybridized carbons (Fsp3) is 0.234. The topological polar surface area (TPSA) is 70.5 Å². The van der Waals surface area contributed by atoms with Crippen molar-refractivity contribution in [1.29, 1.82) is 0 Å². The first kappa shape index (κ1) is 38.0. The van der Waals surface area contributed by atoms with Crippen molar-refractivity contribution in [2.24, 2.45) is 0 Å². The highest BCUT2D eigenvalue weighted by molar-refractivity contribution is 5.79. The summed E-state index contributed by atoms with van der Waals surface area (Å²) in [5, 5.41) is 0. The average Bonchev–Trinajstić information content (AvgIpc) is 3.50. The third kappa shape index (κ3) is 6.85. The van der Waals surface area contributed by atoms with Crippen molar-refractivity contribution >= 4 is 11.4 Å². The van der Waals surface area contributed by atoms with E-state index < -0.39 is 23.5 Å². The first-order valence-corrected chi connectivity index (χ1v) is 18.5. The Hall–Kier alpha value is -5.90. The monoisotopic (exact) mass is 778 g/mol. The fourth-order valence-electron chi connectivity index (χ4n) is 9.17. The number of benzene rings is 6. The Morgan fingerprint density at radius 1 is 0.456 bits per heavy atom. The fourth-order valence-corrected chi connectivity index (χ4v) is 9.17. The van der Waals surface area contributed by atoms with Gasteiger partial charge in [0.05, 0.1) is 11.1 Å². The molecule has 0 aliphatic heterocycles. The molecule has 2 aliphatic rings. The van der Waals surface area contributed by atoms with E-state index in [1.807, 2.05) is 12.1 Å². The number of hydrogen-bond donors (Lipinski definition) is 2. The molecule has 10 heteroatoms. The number of anilines is 2. The predicted molar refractivity (Wildman–Crippen MR) is 212 cm³/mol. The Kier molecular flexibility index (Phi) is 8.72. The molecule has 0 saturated heterocycles. The largest absolute Gasteiger partial charge is 0.457 e. The SMILES string of the molecule is CC1(C)CC2(CC(C)(C)c3ccc(Oc4ccc(-c5cccc(C(F)(F)F)c5)c(N)c4)cc32)c2cc(Oc3ccc(-c4cccc(C(F)(F)F)c4)c(N)c3)ccc21. The van der Waals surface area contributed by atoms with E-state index in [0.717, 1.165) is 48.2 Å². The van der Waals surface area contributed by atoms with Gasteiger partial charge in [-0.1, -0.05) is 64.1 Å². The van der Waals surface area contributed by atoms with Crippen molar-refractivity contribution in [3.05, 3.63) is 155 Å². The summed E-state index contributed by atoms with van der Waals surface area (Å²) in [6.07, 6.45) is -7.26. The third-order valence-corrected chi connectivity index (χ3v) is 11.5. The quantitative estimate of drug-likeness (QED) is 0.130. The van der Waals surface area contributed by atoms with Crippen LogP contribution >= 0.6 is 0 Å². The van der Waals surface area contributed by atoms with Crippen molar-refractivity contribution in [2.45, 2.75) is 69.1 Å². The summed E-state index contributed by atoms with van der Waals surface area (Å²) in [6.45, 7) is 8.98. The molecule has 0 atom stereocenters. The zero-order valence-corrected chi connectivity index (χ0v) is 31.7. The standard InChI is InChI=1S/C47H40F6N2O2/c1-43(2)25-45(39-21-31(13-17-37(39)43)56-33-11-15-35(41(54)23-33)27-7-5-9-29(19-27)46(48,49)50)26-44(3,4)38-18-14-32(22-40(38)45)57-34-12-16-36(42(55)24-34)28-8-6-10-30(20-28)47(51,52)53/h5-24H,25-26,54-55H2,1-4H3. The molecule has 4 nitrogen and oxygen atoms in total. The minimum atomic E-state index is -4.47. The van der Waals surface area contributed by atoms with E-state index in [-0.39, 0.29) is 27.6 Å². The predicted octanol–water partition coefficient (Wildman–Crippen LogP) is 13.5. The van der Waals surface area contributed by atoms with Gasteiger partial charge >= 0.3 is 12.4 Å². The number of rotatable bonds is 6. The van der Waals surface area contributed by atoms with Crippen LogP contribution in [0.2, 0.25) is 0 Å². The molecule has 0 heterocycles. The summed E-state index contributed by atoms with van der Waals surface area (Å²) in [7, 11) is 0. The first-order chi connectivity index (χ1) is 26.7. The number of nitrogens with two attached hydrogens (primary N) is 2. The molecule has 0 radical (unpaired) electrons. The lowest BCUT2D eigenvalue weighted by Crippen LogP contribution is -2.27. The molecule has 0 saturated carbocycles. The van der Waals surface area contributed by atoms with Gasteiger partial charge in [0.2, 0.25) is 0 Å². The number of ether oxygens (including phenoxy) is 2. The van der Waals surface area contributed by atoms with Crippen LogP contribution in [0.1, 0.15) is 73.9 Å². The summed E-state index contributed by atoms with van der Waals surface area (Å²) < 4.78 is 93.2. The number of hydrogen-bond acceptors (Lipinski definition) is 4. The molecular formula is C47H40F6N2O2. The minimum Gasteiger partial charge on any atom is -0.457 e. The van der Waals surface area contributed by atoms with Gasteiger partial charge in [-0.3, -0.25) is 0 Å². The summed E-state index contributed by atoms with van der Waals surface area (Å²) in [6, 6.07) is 32.4. The molecule has 0 unspecified atom stereocenters. The van der Waals surface area contributed by atoms with E-state index >= 15 is 0 Å². The summed E-state index contributed by atoms with van der Waals surface area (Å²) in [5.74, 6) is 2.12. The molecule has 8 rings (SSSR count). The van der Waals surface area contributed by atoms with Crippen molar-refractivity contribution in [2.75, 3.05) is 11.5 Å². The Labute approximate surface area is 327 Å². The maximum atomic E-state index is 13.4. The molecular weight excluding hydrogens is 739 g/mol. The normalized spacial score (nSPS) is 16.3. The van der Waals surface area contributed by atoms with Gasteiger partial charge in [0.15, 0.2) is 0 Å². The highest BCUT2D eigenvalue weighted by Crippen LogP contribution is 2.63. The lowest BCUT2D eigenvalue weighted by atomic mass is 9.72. The Morgan fingerprint density at radius 2 is 0.825 bits per heavy atom. The van der Waals surface area contributed by atoms with E-state index in [4.69, 9.17) is 20.9 Å². The first-order valence-electron chi connectivity index (χ1n) is 18.5. The molecule has 0 aromatic heterocycles. The molecule has 6 aromatic rings. The van der Waals surface area contributed by atoms with Crippen LogP contribution in [0.5, 0.6) is 23.0 Å². The van der Waals surface area contributed by atoms with Crippen molar-refractivity contribution < 1.29 is 35.8 Å². The van der Waals surface area contributed by atoms with Crippen LogP contribution in [0.25, 0.3) is 22.3 Å². The molecule has 57 heavy (non-hydrogen) atoms. The molecule has 292 valence electrons. The van der Waals surface area contributed by atoms with E-state index in [0.29, 0.717) is 45.3 Å². The lowest BCUT2D eigenvalue weighted by molar-refractivity contribution is -0.138. The zero-order valence-electron chi connectivity index (χ0n) is 31.7. The molecule has 4 N–H and O–H groups in total. The van der Waals surface area contributed by atoms with Crippen LogP contribution in [-0.2, 0) is 28.6 Å². The minimum absolute atomic E-state index is 0.173. The number of alkyl halides is 6. The summed E-state index contributed by atoms with van der Waals surface area (Å²) >= 11 is 0. The summed E-state index contributed by atoms with van der Waals surface area (Å²) in [5.41, 5.74) is 17.5. The van der Waals surface area contributed by atoms with Gasteiger partial charge in [0.25, 0.3) is 0 Å². The highest BCUT2D eigenvalue weighted by Gasteiger charge is 2.56. The van der Waals surface area contributed by atoms with Gasteiger partial charge in [-0.25, -0.2) is 0 Å². The van der Waals surface area contributed by atoms with Crippen LogP contribution < -0.4 is 20.9 Å². The maximum absolute atomic E-state index is 13.4. The van der Waals surface area contributed by atoms with Crippen LogP contribution in [-0.4, -0.2) is 0 Å².